The van der Waals surface area contributed by atoms with Gasteiger partial charge in [-0.2, -0.15) is 0 Å². The number of sulfone groups is 1. The van der Waals surface area contributed by atoms with Crippen LogP contribution < -0.4 is 5.32 Å². The first-order valence-corrected chi connectivity index (χ1v) is 7.10. The van der Waals surface area contributed by atoms with E-state index in [1.54, 1.807) is 0 Å². The smallest absolute Gasteiger partial charge is 0.292 e. The lowest BCUT2D eigenvalue weighted by atomic mass is 10.2. The summed E-state index contributed by atoms with van der Waals surface area (Å²) in [5.74, 6) is -0.641. The molecule has 0 spiro atoms. The van der Waals surface area contributed by atoms with Gasteiger partial charge in [-0.25, -0.2) is 12.8 Å². The van der Waals surface area contributed by atoms with Gasteiger partial charge in [0.25, 0.3) is 5.69 Å². The zero-order valence-corrected chi connectivity index (χ0v) is 10.1. The molecule has 1 heterocycles. The first-order chi connectivity index (χ1) is 8.37. The lowest BCUT2D eigenvalue weighted by Gasteiger charge is -2.12. The van der Waals surface area contributed by atoms with Crippen molar-refractivity contribution in [1.29, 1.82) is 0 Å². The molecule has 0 amide bonds. The van der Waals surface area contributed by atoms with Gasteiger partial charge in [0.1, 0.15) is 11.5 Å². The van der Waals surface area contributed by atoms with Crippen LogP contribution in [0.5, 0.6) is 0 Å². The molecule has 0 radical (unpaired) electrons. The second-order valence-electron chi connectivity index (χ2n) is 4.16. The molecule has 1 unspecified atom stereocenters. The van der Waals surface area contributed by atoms with Crippen molar-refractivity contribution in [2.45, 2.75) is 12.5 Å². The monoisotopic (exact) mass is 274 g/mol. The van der Waals surface area contributed by atoms with Crippen LogP contribution in [0.15, 0.2) is 18.2 Å². The summed E-state index contributed by atoms with van der Waals surface area (Å²) >= 11 is 0. The van der Waals surface area contributed by atoms with Gasteiger partial charge in [-0.3, -0.25) is 10.1 Å². The number of nitro groups is 1. The average molecular weight is 274 g/mol. The van der Waals surface area contributed by atoms with Crippen molar-refractivity contribution in [2.75, 3.05) is 16.8 Å². The second kappa shape index (κ2) is 4.52. The Labute approximate surface area is 103 Å². The van der Waals surface area contributed by atoms with Gasteiger partial charge >= 0.3 is 0 Å². The molecule has 1 aliphatic rings. The molecule has 2 rings (SSSR count). The largest absolute Gasteiger partial charge is 0.376 e. The van der Waals surface area contributed by atoms with E-state index in [1.165, 1.54) is 0 Å². The van der Waals surface area contributed by atoms with Crippen molar-refractivity contribution in [2.24, 2.45) is 0 Å². The van der Waals surface area contributed by atoms with Crippen molar-refractivity contribution < 1.29 is 17.7 Å². The Morgan fingerprint density at radius 3 is 2.72 bits per heavy atom. The van der Waals surface area contributed by atoms with Gasteiger partial charge in [-0.05, 0) is 12.5 Å². The molecule has 1 aromatic carbocycles. The number of hydrogen-bond donors (Lipinski definition) is 1. The summed E-state index contributed by atoms with van der Waals surface area (Å²) in [6, 6.07) is 2.65. The third-order valence-electron chi connectivity index (χ3n) is 2.75. The number of nitro benzene ring substituents is 1. The minimum absolute atomic E-state index is 0.0158. The van der Waals surface area contributed by atoms with Crippen LogP contribution in [0, 0.1) is 15.9 Å². The van der Waals surface area contributed by atoms with Crippen molar-refractivity contribution >= 4 is 21.2 Å². The van der Waals surface area contributed by atoms with Crippen LogP contribution in [-0.2, 0) is 9.84 Å². The van der Waals surface area contributed by atoms with E-state index in [4.69, 9.17) is 0 Å². The molecule has 1 fully saturated rings. The Morgan fingerprint density at radius 1 is 1.44 bits per heavy atom. The number of hydrogen-bond acceptors (Lipinski definition) is 5. The molecule has 0 bridgehead atoms. The topological polar surface area (TPSA) is 89.3 Å². The normalized spacial score (nSPS) is 21.7. The molecule has 98 valence electrons. The van der Waals surface area contributed by atoms with Gasteiger partial charge in [0.2, 0.25) is 0 Å². The van der Waals surface area contributed by atoms with E-state index < -0.39 is 26.6 Å². The first-order valence-electron chi connectivity index (χ1n) is 5.28. The summed E-state index contributed by atoms with van der Waals surface area (Å²) in [4.78, 5) is 10.1. The molecule has 1 aliphatic heterocycles. The van der Waals surface area contributed by atoms with E-state index in [1.807, 2.05) is 0 Å². The fraction of sp³-hybridized carbons (Fsp3) is 0.400. The highest BCUT2D eigenvalue weighted by molar-refractivity contribution is 7.91. The van der Waals surface area contributed by atoms with E-state index in [0.717, 1.165) is 18.2 Å². The Balaban J connectivity index is 2.23. The molecular formula is C10H11FN2O4S. The van der Waals surface area contributed by atoms with E-state index in [2.05, 4.69) is 5.32 Å². The minimum Gasteiger partial charge on any atom is -0.376 e. The third-order valence-corrected chi connectivity index (χ3v) is 4.52. The lowest BCUT2D eigenvalue weighted by molar-refractivity contribution is -0.384. The third kappa shape index (κ3) is 2.76. The van der Waals surface area contributed by atoms with Crippen LogP contribution in [0.1, 0.15) is 6.42 Å². The molecule has 0 aliphatic carbocycles. The summed E-state index contributed by atoms with van der Waals surface area (Å²) < 4.78 is 35.6. The van der Waals surface area contributed by atoms with Gasteiger partial charge in [0.05, 0.1) is 16.4 Å². The van der Waals surface area contributed by atoms with Gasteiger partial charge in [-0.15, -0.1) is 0 Å². The van der Waals surface area contributed by atoms with Crippen LogP contribution in [0.4, 0.5) is 15.8 Å². The summed E-state index contributed by atoms with van der Waals surface area (Å²) in [5.41, 5.74) is -0.247. The number of nitrogens with one attached hydrogen (secondary N) is 1. The molecule has 1 saturated heterocycles. The Morgan fingerprint density at radius 2 is 2.17 bits per heavy atom. The van der Waals surface area contributed by atoms with Crippen LogP contribution >= 0.6 is 0 Å². The summed E-state index contributed by atoms with van der Waals surface area (Å²) in [6.45, 7) is 0. The summed E-state index contributed by atoms with van der Waals surface area (Å²) in [5, 5.41) is 13.5. The fourth-order valence-electron chi connectivity index (χ4n) is 1.91. The van der Waals surface area contributed by atoms with E-state index in [9.17, 15) is 22.9 Å². The number of nitrogens with zero attached hydrogens (tertiary/aromatic N) is 1. The van der Waals surface area contributed by atoms with Gasteiger partial charge in [0, 0.05) is 18.2 Å². The molecule has 0 saturated carbocycles. The zero-order valence-electron chi connectivity index (χ0n) is 9.30. The number of benzene rings is 1. The molecule has 1 atom stereocenters. The lowest BCUT2D eigenvalue weighted by Crippen LogP contribution is -2.21. The quantitative estimate of drug-likeness (QED) is 0.663. The van der Waals surface area contributed by atoms with Gasteiger partial charge < -0.3 is 5.32 Å². The Kier molecular flexibility index (Phi) is 3.20. The molecule has 8 heteroatoms. The Bertz CT molecular complexity index is 588. The van der Waals surface area contributed by atoms with Crippen LogP contribution in [-0.4, -0.2) is 30.9 Å². The zero-order chi connectivity index (χ0) is 13.3. The second-order valence-corrected chi connectivity index (χ2v) is 6.39. The fourth-order valence-corrected chi connectivity index (χ4v) is 3.59. The maximum absolute atomic E-state index is 13.1. The molecule has 1 aromatic rings. The first kappa shape index (κ1) is 12.7. The number of rotatable bonds is 3. The van der Waals surface area contributed by atoms with Crippen LogP contribution in [0.3, 0.4) is 0 Å². The summed E-state index contributed by atoms with van der Waals surface area (Å²) in [7, 11) is -3.08. The van der Waals surface area contributed by atoms with Gasteiger partial charge in [-0.1, -0.05) is 0 Å². The maximum Gasteiger partial charge on any atom is 0.292 e. The molecular weight excluding hydrogens is 263 g/mol. The van der Waals surface area contributed by atoms with E-state index >= 15 is 0 Å². The highest BCUT2D eigenvalue weighted by atomic mass is 32.2. The molecule has 0 aromatic heterocycles. The number of anilines is 1. The average Bonchev–Trinajstić information content (AvgIpc) is 2.57. The minimum atomic E-state index is -3.08. The standard InChI is InChI=1S/C10H11FN2O4S/c11-7-1-2-10(13(14)15)9(5-7)12-8-3-4-18(16,17)6-8/h1-2,5,8,12H,3-4,6H2. The Hall–Kier alpha value is -1.70. The van der Waals surface area contributed by atoms with E-state index in [0.29, 0.717) is 6.42 Å². The van der Waals surface area contributed by atoms with Crippen LogP contribution in [0.2, 0.25) is 0 Å². The van der Waals surface area contributed by atoms with Crippen molar-refractivity contribution in [3.63, 3.8) is 0 Å². The maximum atomic E-state index is 13.1. The highest BCUT2D eigenvalue weighted by Gasteiger charge is 2.29. The predicted octanol–water partition coefficient (Wildman–Crippen LogP) is 1.33. The summed E-state index contributed by atoms with van der Waals surface area (Å²) in [6.07, 6.45) is 0.371. The predicted molar refractivity (Wildman–Crippen MR) is 63.7 cm³/mol. The van der Waals surface area contributed by atoms with Crippen LogP contribution in [0.25, 0.3) is 0 Å². The van der Waals surface area contributed by atoms with Crippen molar-refractivity contribution in [3.05, 3.63) is 34.1 Å². The van der Waals surface area contributed by atoms with E-state index in [-0.39, 0.29) is 22.9 Å². The molecule has 6 nitrogen and oxygen atoms in total. The van der Waals surface area contributed by atoms with Crippen molar-refractivity contribution in [3.8, 4) is 0 Å². The highest BCUT2D eigenvalue weighted by Crippen LogP contribution is 2.27. The van der Waals surface area contributed by atoms with Crippen molar-refractivity contribution in [1.82, 2.24) is 0 Å². The molecule has 18 heavy (non-hydrogen) atoms. The molecule has 1 N–H and O–H groups in total. The number of halogens is 1. The SMILES string of the molecule is O=[N+]([O-])c1ccc(F)cc1NC1CCS(=O)(=O)C1. The van der Waals surface area contributed by atoms with Gasteiger partial charge in [0.15, 0.2) is 9.84 Å².